The molecule has 0 atom stereocenters. The molecule has 11 heteroatoms. The summed E-state index contributed by atoms with van der Waals surface area (Å²) >= 11 is 5.82. The molecule has 0 aromatic heterocycles. The number of halogens is 2. The number of benzene rings is 3. The number of fused-ring (bicyclic) bond motifs is 2. The molecule has 0 heterocycles. The van der Waals surface area contributed by atoms with Gasteiger partial charge in [0, 0.05) is 16.7 Å². The van der Waals surface area contributed by atoms with Crippen LogP contribution in [0.25, 0.3) is 0 Å². The predicted octanol–water partition coefficient (Wildman–Crippen LogP) is 3.96. The summed E-state index contributed by atoms with van der Waals surface area (Å²) in [6, 6.07) is 11.2. The number of nitrogens with zero attached hydrogens (tertiary/aromatic N) is 1. The Kier molecular flexibility index (Phi) is 5.91. The zero-order valence-electron chi connectivity index (χ0n) is 17.0. The summed E-state index contributed by atoms with van der Waals surface area (Å²) in [4.78, 5) is 61.3. The van der Waals surface area contributed by atoms with E-state index in [1.807, 2.05) is 0 Å². The summed E-state index contributed by atoms with van der Waals surface area (Å²) in [6.07, 6.45) is 0. The van der Waals surface area contributed by atoms with Crippen molar-refractivity contribution in [1.29, 1.82) is 0 Å². The number of rotatable bonds is 5. The number of carbonyl (C=O) groups excluding carboxylic acids is 4. The monoisotopic (exact) mass is 482 g/mol. The van der Waals surface area contributed by atoms with Crippen LogP contribution in [0.5, 0.6) is 0 Å². The number of carbonyl (C=O) groups is 4. The maximum Gasteiger partial charge on any atom is 0.345 e. The summed E-state index contributed by atoms with van der Waals surface area (Å²) in [5.41, 5.74) is -2.09. The van der Waals surface area contributed by atoms with Crippen LogP contribution >= 0.6 is 11.6 Å². The van der Waals surface area contributed by atoms with Gasteiger partial charge in [-0.25, -0.2) is 9.18 Å². The van der Waals surface area contributed by atoms with E-state index in [2.05, 4.69) is 5.32 Å². The lowest BCUT2D eigenvalue weighted by molar-refractivity contribution is -0.385. The first-order valence-corrected chi connectivity index (χ1v) is 9.98. The Hall–Kier alpha value is -4.44. The number of nitrogens with one attached hydrogen (secondary N) is 1. The second kappa shape index (κ2) is 8.83. The molecule has 0 spiro atoms. The quantitative estimate of drug-likeness (QED) is 0.258. The van der Waals surface area contributed by atoms with Gasteiger partial charge in [-0.3, -0.25) is 24.5 Å². The van der Waals surface area contributed by atoms with Gasteiger partial charge >= 0.3 is 5.97 Å². The van der Waals surface area contributed by atoms with E-state index in [9.17, 15) is 33.7 Å². The second-order valence-corrected chi connectivity index (χ2v) is 7.50. The molecule has 170 valence electrons. The summed E-state index contributed by atoms with van der Waals surface area (Å²) in [5, 5.41) is 14.0. The molecule has 0 saturated heterocycles. The fourth-order valence-electron chi connectivity index (χ4n) is 3.51. The van der Waals surface area contributed by atoms with E-state index in [-0.39, 0.29) is 27.4 Å². The lowest BCUT2D eigenvalue weighted by atomic mass is 9.82. The molecule has 1 N–H and O–H groups in total. The molecule has 34 heavy (non-hydrogen) atoms. The fraction of sp³-hybridized carbons (Fsp3) is 0.0435. The normalized spacial score (nSPS) is 11.9. The Morgan fingerprint density at radius 2 is 1.68 bits per heavy atom. The predicted molar refractivity (Wildman–Crippen MR) is 117 cm³/mol. The summed E-state index contributed by atoms with van der Waals surface area (Å²) < 4.78 is 18.0. The number of ether oxygens (including phenoxy) is 1. The van der Waals surface area contributed by atoms with Crippen LogP contribution in [0.2, 0.25) is 5.02 Å². The highest BCUT2D eigenvalue weighted by atomic mass is 35.5. The average Bonchev–Trinajstić information content (AvgIpc) is 2.81. The summed E-state index contributed by atoms with van der Waals surface area (Å²) in [7, 11) is 0. The molecule has 0 radical (unpaired) electrons. The topological polar surface area (TPSA) is 133 Å². The van der Waals surface area contributed by atoms with E-state index in [1.54, 1.807) is 6.07 Å². The SMILES string of the molecule is O=C(COC(=O)c1ccc2c(c1[N+](=O)[O-])C(=O)c1ccccc1C2=O)Nc1ccc(F)cc1Cl. The second-order valence-electron chi connectivity index (χ2n) is 7.09. The van der Waals surface area contributed by atoms with Crippen molar-refractivity contribution in [2.75, 3.05) is 11.9 Å². The smallest absolute Gasteiger partial charge is 0.345 e. The Balaban J connectivity index is 1.60. The molecule has 3 aromatic carbocycles. The van der Waals surface area contributed by atoms with E-state index in [0.29, 0.717) is 0 Å². The van der Waals surface area contributed by atoms with Crippen LogP contribution < -0.4 is 5.32 Å². The highest BCUT2D eigenvalue weighted by molar-refractivity contribution is 6.33. The number of amides is 1. The van der Waals surface area contributed by atoms with Crippen molar-refractivity contribution in [3.8, 4) is 0 Å². The standard InChI is InChI=1S/C23H12ClFN2O7/c24-16-9-11(25)5-8-17(16)26-18(28)10-34-23(31)15-7-6-14-19(20(15)27(32)33)22(30)13-4-2-1-3-12(13)21(14)29/h1-9H,10H2,(H,26,28). The summed E-state index contributed by atoms with van der Waals surface area (Å²) in [6.45, 7) is -0.851. The molecule has 0 saturated carbocycles. The fourth-order valence-corrected chi connectivity index (χ4v) is 3.72. The highest BCUT2D eigenvalue weighted by Gasteiger charge is 2.39. The van der Waals surface area contributed by atoms with Crippen LogP contribution in [0.15, 0.2) is 54.6 Å². The molecular weight excluding hydrogens is 471 g/mol. The maximum absolute atomic E-state index is 13.1. The van der Waals surface area contributed by atoms with Gasteiger partial charge in [0.05, 0.1) is 15.6 Å². The minimum atomic E-state index is -1.26. The molecule has 3 aromatic rings. The Morgan fingerprint density at radius 3 is 2.32 bits per heavy atom. The van der Waals surface area contributed by atoms with Gasteiger partial charge in [-0.05, 0) is 30.3 Å². The first kappa shape index (κ1) is 22.7. The summed E-state index contributed by atoms with van der Waals surface area (Å²) in [5.74, 6) is -4.10. The molecule has 0 unspecified atom stereocenters. The van der Waals surface area contributed by atoms with Crippen molar-refractivity contribution >= 4 is 46.4 Å². The molecular formula is C23H12ClFN2O7. The van der Waals surface area contributed by atoms with Crippen molar-refractivity contribution in [2.45, 2.75) is 0 Å². The lowest BCUT2D eigenvalue weighted by Gasteiger charge is -2.18. The van der Waals surface area contributed by atoms with Crippen LogP contribution in [-0.2, 0) is 9.53 Å². The van der Waals surface area contributed by atoms with Gasteiger partial charge in [0.2, 0.25) is 5.78 Å². The number of hydrogen-bond acceptors (Lipinski definition) is 7. The third kappa shape index (κ3) is 4.02. The average molecular weight is 483 g/mol. The van der Waals surface area contributed by atoms with Crippen molar-refractivity contribution in [2.24, 2.45) is 0 Å². The van der Waals surface area contributed by atoms with E-state index < -0.39 is 57.6 Å². The van der Waals surface area contributed by atoms with E-state index in [4.69, 9.17) is 16.3 Å². The Bertz CT molecular complexity index is 1420. The van der Waals surface area contributed by atoms with Crippen LogP contribution in [0.4, 0.5) is 15.8 Å². The van der Waals surface area contributed by atoms with Crippen molar-refractivity contribution in [1.82, 2.24) is 0 Å². The maximum atomic E-state index is 13.1. The molecule has 0 bridgehead atoms. The van der Waals surface area contributed by atoms with Gasteiger partial charge in [0.15, 0.2) is 12.4 Å². The zero-order chi connectivity index (χ0) is 24.6. The number of hydrogen-bond donors (Lipinski definition) is 1. The Morgan fingerprint density at radius 1 is 1.00 bits per heavy atom. The van der Waals surface area contributed by atoms with Gasteiger partial charge < -0.3 is 10.1 Å². The molecule has 0 aliphatic heterocycles. The number of ketones is 2. The van der Waals surface area contributed by atoms with Crippen LogP contribution in [0.3, 0.4) is 0 Å². The first-order chi connectivity index (χ1) is 16.2. The van der Waals surface area contributed by atoms with E-state index >= 15 is 0 Å². The Labute approximate surface area is 195 Å². The van der Waals surface area contributed by atoms with Crippen LogP contribution in [0.1, 0.15) is 42.2 Å². The van der Waals surface area contributed by atoms with Gasteiger partial charge in [-0.2, -0.15) is 0 Å². The number of esters is 1. The lowest BCUT2D eigenvalue weighted by Crippen LogP contribution is -2.25. The molecule has 0 fully saturated rings. The molecule has 9 nitrogen and oxygen atoms in total. The number of anilines is 1. The van der Waals surface area contributed by atoms with Gasteiger partial charge in [-0.1, -0.05) is 35.9 Å². The highest BCUT2D eigenvalue weighted by Crippen LogP contribution is 2.35. The largest absolute Gasteiger partial charge is 0.452 e. The van der Waals surface area contributed by atoms with Crippen molar-refractivity contribution in [3.63, 3.8) is 0 Å². The van der Waals surface area contributed by atoms with E-state index in [1.165, 1.54) is 24.3 Å². The molecule has 4 rings (SSSR count). The minimum absolute atomic E-state index is 0.0239. The number of nitro benzene ring substituents is 1. The van der Waals surface area contributed by atoms with E-state index in [0.717, 1.165) is 24.3 Å². The van der Waals surface area contributed by atoms with Gasteiger partial charge in [0.25, 0.3) is 11.6 Å². The molecule has 1 amide bonds. The molecule has 1 aliphatic carbocycles. The van der Waals surface area contributed by atoms with Crippen LogP contribution in [-0.4, -0.2) is 35.0 Å². The van der Waals surface area contributed by atoms with Gasteiger partial charge in [-0.15, -0.1) is 0 Å². The third-order valence-electron chi connectivity index (χ3n) is 5.01. The first-order valence-electron chi connectivity index (χ1n) is 9.61. The third-order valence-corrected chi connectivity index (χ3v) is 5.32. The van der Waals surface area contributed by atoms with Crippen molar-refractivity contribution in [3.05, 3.63) is 103 Å². The zero-order valence-corrected chi connectivity index (χ0v) is 17.7. The van der Waals surface area contributed by atoms with Crippen molar-refractivity contribution < 1.29 is 33.2 Å². The number of nitro groups is 1. The molecule has 1 aliphatic rings. The van der Waals surface area contributed by atoms with Gasteiger partial charge in [0.1, 0.15) is 16.9 Å². The minimum Gasteiger partial charge on any atom is -0.452 e. The van der Waals surface area contributed by atoms with Crippen LogP contribution in [0, 0.1) is 15.9 Å².